The van der Waals surface area contributed by atoms with Crippen LogP contribution in [0.3, 0.4) is 0 Å². The van der Waals surface area contributed by atoms with Crippen molar-refractivity contribution < 1.29 is 14.3 Å². The Morgan fingerprint density at radius 2 is 1.85 bits per heavy atom. The van der Waals surface area contributed by atoms with Crippen molar-refractivity contribution in [1.29, 1.82) is 0 Å². The lowest BCUT2D eigenvalue weighted by Crippen LogP contribution is -2.29. The fraction of sp³-hybridized carbons (Fsp3) is 0.115. The number of rotatable bonds is 6. The molecule has 1 fully saturated rings. The summed E-state index contributed by atoms with van der Waals surface area (Å²) in [5.41, 5.74) is 2.92. The Balaban J connectivity index is 1.53. The number of carbonyl (C=O) groups is 1. The number of carboxylic acid groups (broad SMARTS) is 1. The fourth-order valence-corrected chi connectivity index (χ4v) is 4.44. The quantitative estimate of drug-likeness (QED) is 0.386. The van der Waals surface area contributed by atoms with E-state index in [2.05, 4.69) is 27.3 Å². The van der Waals surface area contributed by atoms with Crippen LogP contribution in [0.4, 0.5) is 0 Å². The first-order valence-electron chi connectivity index (χ1n) is 10.6. The number of nitrogens with one attached hydrogen (secondary N) is 1. The Morgan fingerprint density at radius 1 is 1.03 bits per heavy atom. The van der Waals surface area contributed by atoms with E-state index in [4.69, 9.17) is 16.6 Å². The molecule has 6 nitrogen and oxygen atoms in total. The number of nitrogens with zero attached hydrogens (tertiary/aromatic N) is 2. The van der Waals surface area contributed by atoms with Crippen molar-refractivity contribution in [2.24, 2.45) is 0 Å². The summed E-state index contributed by atoms with van der Waals surface area (Å²) in [6.45, 7) is 0.616. The minimum absolute atomic E-state index is 0.188. The van der Waals surface area contributed by atoms with Crippen LogP contribution in [-0.4, -0.2) is 26.1 Å². The molecule has 3 heterocycles. The number of aromatic nitrogens is 1. The molecule has 33 heavy (non-hydrogen) atoms. The van der Waals surface area contributed by atoms with E-state index in [0.717, 1.165) is 17.0 Å². The van der Waals surface area contributed by atoms with Crippen molar-refractivity contribution in [1.82, 2.24) is 15.2 Å². The normalized spacial score (nSPS) is 17.7. The summed E-state index contributed by atoms with van der Waals surface area (Å²) >= 11 is 5.72. The van der Waals surface area contributed by atoms with Crippen LogP contribution in [-0.2, 0) is 6.54 Å². The molecule has 0 unspecified atom stereocenters. The van der Waals surface area contributed by atoms with Gasteiger partial charge in [0.2, 0.25) is 0 Å². The summed E-state index contributed by atoms with van der Waals surface area (Å²) in [7, 11) is 0. The molecule has 2 atom stereocenters. The average Bonchev–Trinajstić information content (AvgIpc) is 3.45. The number of hydrogen-bond donors (Lipinski definition) is 2. The molecule has 2 aromatic heterocycles. The van der Waals surface area contributed by atoms with E-state index < -0.39 is 5.97 Å². The highest BCUT2D eigenvalue weighted by atomic mass is 32.1. The number of pyridine rings is 1. The predicted octanol–water partition coefficient (Wildman–Crippen LogP) is 5.21. The van der Waals surface area contributed by atoms with Gasteiger partial charge in [0.25, 0.3) is 0 Å². The van der Waals surface area contributed by atoms with Gasteiger partial charge in [0.05, 0.1) is 17.3 Å². The molecule has 0 radical (unpaired) electrons. The van der Waals surface area contributed by atoms with E-state index in [9.17, 15) is 9.90 Å². The number of hydrogen-bond acceptors (Lipinski definition) is 4. The monoisotopic (exact) mass is 455 g/mol. The minimum Gasteiger partial charge on any atom is -0.478 e. The Hall–Kier alpha value is -3.97. The Bertz CT molecular complexity index is 1290. The molecule has 1 aliphatic rings. The number of furan rings is 1. The maximum absolute atomic E-state index is 11.4. The van der Waals surface area contributed by atoms with Crippen LogP contribution < -0.4 is 5.32 Å². The molecular weight excluding hydrogens is 434 g/mol. The first kappa shape index (κ1) is 20.9. The highest BCUT2D eigenvalue weighted by Gasteiger charge is 2.41. The molecule has 2 aromatic carbocycles. The molecule has 1 aliphatic heterocycles. The van der Waals surface area contributed by atoms with Crippen LogP contribution >= 0.6 is 12.2 Å². The van der Waals surface area contributed by atoms with Crippen LogP contribution in [0.15, 0.2) is 95.5 Å². The van der Waals surface area contributed by atoms with E-state index >= 15 is 0 Å². The molecule has 0 spiro atoms. The van der Waals surface area contributed by atoms with Gasteiger partial charge in [-0.2, -0.15) is 0 Å². The summed E-state index contributed by atoms with van der Waals surface area (Å²) in [6.07, 6.45) is 1.77. The van der Waals surface area contributed by atoms with Crippen LogP contribution in [0.1, 0.15) is 39.5 Å². The van der Waals surface area contributed by atoms with Gasteiger partial charge in [-0.05, 0) is 54.2 Å². The molecule has 5 rings (SSSR count). The largest absolute Gasteiger partial charge is 0.478 e. The number of benzene rings is 2. The Kier molecular flexibility index (Phi) is 5.62. The highest BCUT2D eigenvalue weighted by molar-refractivity contribution is 7.80. The van der Waals surface area contributed by atoms with Gasteiger partial charge in [0, 0.05) is 18.3 Å². The molecular formula is C26H21N3O3S. The molecule has 164 valence electrons. The summed E-state index contributed by atoms with van der Waals surface area (Å²) in [5, 5.41) is 13.4. The SMILES string of the molecule is O=C(O)c1cccc(-c2ccc([C@@H]3[C@@H](c4ccccn4)NC(=S)N3Cc3ccccc3)o2)c1. The molecule has 2 N–H and O–H groups in total. The lowest BCUT2D eigenvalue weighted by atomic mass is 10.0. The molecule has 0 bridgehead atoms. The molecule has 4 aromatic rings. The van der Waals surface area contributed by atoms with Gasteiger partial charge in [-0.15, -0.1) is 0 Å². The molecule has 1 saturated heterocycles. The maximum Gasteiger partial charge on any atom is 0.335 e. The Morgan fingerprint density at radius 3 is 2.61 bits per heavy atom. The van der Waals surface area contributed by atoms with E-state index in [0.29, 0.717) is 23.0 Å². The third kappa shape index (κ3) is 4.23. The lowest BCUT2D eigenvalue weighted by Gasteiger charge is -2.26. The second-order valence-corrected chi connectivity index (χ2v) is 8.21. The third-order valence-corrected chi connectivity index (χ3v) is 6.06. The average molecular weight is 456 g/mol. The zero-order valence-corrected chi connectivity index (χ0v) is 18.4. The minimum atomic E-state index is -0.974. The van der Waals surface area contributed by atoms with Gasteiger partial charge < -0.3 is 19.7 Å². The van der Waals surface area contributed by atoms with Crippen molar-refractivity contribution in [2.45, 2.75) is 18.6 Å². The second-order valence-electron chi connectivity index (χ2n) is 7.83. The van der Waals surface area contributed by atoms with Crippen LogP contribution in [0.2, 0.25) is 0 Å². The van der Waals surface area contributed by atoms with E-state index in [1.807, 2.05) is 54.6 Å². The lowest BCUT2D eigenvalue weighted by molar-refractivity contribution is 0.0697. The first-order chi connectivity index (χ1) is 16.1. The van der Waals surface area contributed by atoms with Gasteiger partial charge in [-0.25, -0.2) is 4.79 Å². The van der Waals surface area contributed by atoms with Gasteiger partial charge >= 0.3 is 5.97 Å². The van der Waals surface area contributed by atoms with Crippen molar-refractivity contribution in [3.8, 4) is 11.3 Å². The van der Waals surface area contributed by atoms with Gasteiger partial charge in [-0.1, -0.05) is 48.5 Å². The first-order valence-corrected chi connectivity index (χ1v) is 11.0. The standard InChI is InChI=1S/C26H21N3O3S/c30-25(31)19-10-6-9-18(15-19)21-12-13-22(32-21)24-23(20-11-4-5-14-27-20)28-26(33)29(24)16-17-7-2-1-3-8-17/h1-15,23-24H,16H2,(H,28,33)(H,30,31)/t23-,24-/m1/s1. The van der Waals surface area contributed by atoms with E-state index in [1.165, 1.54) is 0 Å². The Labute approximate surface area is 196 Å². The maximum atomic E-state index is 11.4. The van der Waals surface area contributed by atoms with Gasteiger partial charge in [0.15, 0.2) is 5.11 Å². The van der Waals surface area contributed by atoms with Crippen LogP contribution in [0, 0.1) is 0 Å². The van der Waals surface area contributed by atoms with Crippen molar-refractivity contribution in [3.63, 3.8) is 0 Å². The van der Waals surface area contributed by atoms with Crippen molar-refractivity contribution >= 4 is 23.3 Å². The molecule has 0 aliphatic carbocycles. The zero-order valence-electron chi connectivity index (χ0n) is 17.6. The summed E-state index contributed by atoms with van der Waals surface area (Å²) in [5.74, 6) is 0.355. The van der Waals surface area contributed by atoms with Gasteiger partial charge in [0.1, 0.15) is 17.6 Å². The fourth-order valence-electron chi connectivity index (χ4n) is 4.14. The molecule has 0 amide bonds. The number of carboxylic acids is 1. The second kappa shape index (κ2) is 8.88. The van der Waals surface area contributed by atoms with E-state index in [1.54, 1.807) is 24.4 Å². The summed E-state index contributed by atoms with van der Waals surface area (Å²) < 4.78 is 6.29. The van der Waals surface area contributed by atoms with Gasteiger partial charge in [-0.3, -0.25) is 4.98 Å². The smallest absolute Gasteiger partial charge is 0.335 e. The van der Waals surface area contributed by atoms with Crippen LogP contribution in [0.5, 0.6) is 0 Å². The topological polar surface area (TPSA) is 78.6 Å². The van der Waals surface area contributed by atoms with Crippen LogP contribution in [0.25, 0.3) is 11.3 Å². The predicted molar refractivity (Wildman–Crippen MR) is 129 cm³/mol. The number of aromatic carboxylic acids is 1. The number of thiocarbonyl (C=S) groups is 1. The highest BCUT2D eigenvalue weighted by Crippen LogP contribution is 2.41. The summed E-state index contributed by atoms with van der Waals surface area (Å²) in [6, 6.07) is 26.1. The third-order valence-electron chi connectivity index (χ3n) is 5.71. The zero-order chi connectivity index (χ0) is 22.8. The summed E-state index contributed by atoms with van der Waals surface area (Å²) in [4.78, 5) is 18.0. The molecule has 7 heteroatoms. The van der Waals surface area contributed by atoms with Crippen molar-refractivity contribution in [2.75, 3.05) is 0 Å². The van der Waals surface area contributed by atoms with Crippen molar-refractivity contribution in [3.05, 3.63) is 114 Å². The van der Waals surface area contributed by atoms with E-state index in [-0.39, 0.29) is 17.6 Å². The molecule has 0 saturated carbocycles.